The molecule has 0 spiro atoms. The molecule has 9 nitrogen and oxygen atoms in total. The maximum absolute atomic E-state index is 13.2. The van der Waals surface area contributed by atoms with Crippen LogP contribution in [0.3, 0.4) is 0 Å². The number of methoxy groups -OCH3 is 2. The summed E-state index contributed by atoms with van der Waals surface area (Å²) in [5, 5.41) is 5.87. The molecule has 1 heterocycles. The molecule has 1 aliphatic heterocycles. The number of esters is 1. The van der Waals surface area contributed by atoms with Gasteiger partial charge in [0.25, 0.3) is 0 Å². The first-order valence-electron chi connectivity index (χ1n) is 12.1. The number of anilines is 2. The van der Waals surface area contributed by atoms with Crippen LogP contribution in [0.4, 0.5) is 16.2 Å². The molecule has 204 valence electrons. The predicted octanol–water partition coefficient (Wildman–Crippen LogP) is 5.30. The van der Waals surface area contributed by atoms with Gasteiger partial charge in [0.05, 0.1) is 54.5 Å². The number of para-hydroxylation sites is 1. The van der Waals surface area contributed by atoms with Gasteiger partial charge in [0, 0.05) is 5.75 Å². The number of halogens is 1. The van der Waals surface area contributed by atoms with Crippen LogP contribution in [0.5, 0.6) is 11.5 Å². The van der Waals surface area contributed by atoms with Crippen molar-refractivity contribution in [3.8, 4) is 11.5 Å². The van der Waals surface area contributed by atoms with Crippen molar-refractivity contribution in [1.29, 1.82) is 0 Å². The lowest BCUT2D eigenvalue weighted by Crippen LogP contribution is -2.41. The molecule has 39 heavy (non-hydrogen) atoms. The van der Waals surface area contributed by atoms with Crippen LogP contribution >= 0.6 is 23.4 Å². The fourth-order valence-electron chi connectivity index (χ4n) is 3.96. The van der Waals surface area contributed by atoms with E-state index in [1.165, 1.54) is 14.2 Å². The Morgan fingerprint density at radius 2 is 1.74 bits per heavy atom. The van der Waals surface area contributed by atoms with E-state index in [2.05, 4.69) is 10.6 Å². The number of hydrogen-bond donors (Lipinski definition) is 2. The van der Waals surface area contributed by atoms with Crippen LogP contribution in [-0.2, 0) is 16.0 Å². The Morgan fingerprint density at radius 1 is 1.00 bits per heavy atom. The summed E-state index contributed by atoms with van der Waals surface area (Å²) in [4.78, 5) is 39.0. The monoisotopic (exact) mass is 569 g/mol. The van der Waals surface area contributed by atoms with Gasteiger partial charge in [-0.15, -0.1) is 11.8 Å². The van der Waals surface area contributed by atoms with Crippen molar-refractivity contribution in [1.82, 2.24) is 4.90 Å². The molecule has 1 unspecified atom stereocenters. The van der Waals surface area contributed by atoms with E-state index in [0.717, 1.165) is 11.3 Å². The number of carbonyl (C=O) groups is 3. The number of benzene rings is 3. The molecule has 0 aromatic heterocycles. The van der Waals surface area contributed by atoms with Gasteiger partial charge in [-0.05, 0) is 54.1 Å². The molecule has 0 aliphatic carbocycles. The third-order valence-corrected chi connectivity index (χ3v) is 7.42. The van der Waals surface area contributed by atoms with Crippen LogP contribution in [0.15, 0.2) is 66.7 Å². The van der Waals surface area contributed by atoms with E-state index in [-0.39, 0.29) is 18.4 Å². The Balaban J connectivity index is 1.34. The van der Waals surface area contributed by atoms with Crippen molar-refractivity contribution >= 4 is 52.6 Å². The average Bonchev–Trinajstić information content (AvgIpc) is 3.43. The first kappa shape index (κ1) is 28.1. The normalized spacial score (nSPS) is 14.4. The van der Waals surface area contributed by atoms with Gasteiger partial charge in [-0.25, -0.2) is 9.59 Å². The first-order valence-corrected chi connectivity index (χ1v) is 13.6. The largest absolute Gasteiger partial charge is 0.495 e. The molecule has 1 saturated heterocycles. The summed E-state index contributed by atoms with van der Waals surface area (Å²) in [5.41, 5.74) is 2.14. The summed E-state index contributed by atoms with van der Waals surface area (Å²) < 4.78 is 16.1. The quantitative estimate of drug-likeness (QED) is 0.337. The van der Waals surface area contributed by atoms with E-state index in [1.807, 2.05) is 4.90 Å². The number of amides is 3. The molecule has 0 saturated carbocycles. The number of hydrogen-bond acceptors (Lipinski definition) is 7. The fraction of sp³-hybridized carbons (Fsp3) is 0.250. The molecule has 3 aromatic rings. The van der Waals surface area contributed by atoms with Crippen LogP contribution in [0.25, 0.3) is 0 Å². The summed E-state index contributed by atoms with van der Waals surface area (Å²) in [6.45, 7) is 0.336. The zero-order valence-corrected chi connectivity index (χ0v) is 23.0. The molecule has 3 aromatic carbocycles. The summed E-state index contributed by atoms with van der Waals surface area (Å²) in [6, 6.07) is 18.3. The Labute approximate surface area is 235 Å². The number of carbonyl (C=O) groups excluding carboxylic acids is 3. The van der Waals surface area contributed by atoms with E-state index >= 15 is 0 Å². The van der Waals surface area contributed by atoms with Crippen LogP contribution in [-0.4, -0.2) is 61.3 Å². The van der Waals surface area contributed by atoms with Crippen LogP contribution in [0.1, 0.15) is 15.9 Å². The van der Waals surface area contributed by atoms with Crippen LogP contribution < -0.4 is 20.1 Å². The second-order valence-electron chi connectivity index (χ2n) is 8.61. The van der Waals surface area contributed by atoms with Crippen LogP contribution in [0.2, 0.25) is 5.02 Å². The lowest BCUT2D eigenvalue weighted by atomic mass is 10.1. The third kappa shape index (κ3) is 7.36. The Morgan fingerprint density at radius 3 is 2.46 bits per heavy atom. The van der Waals surface area contributed by atoms with Gasteiger partial charge >= 0.3 is 12.0 Å². The maximum Gasteiger partial charge on any atom is 0.337 e. The molecule has 2 N–H and O–H groups in total. The molecular formula is C28H28ClN3O6S. The summed E-state index contributed by atoms with van der Waals surface area (Å²) in [6.07, 6.45) is 0.174. The highest BCUT2D eigenvalue weighted by molar-refractivity contribution is 7.99. The molecule has 11 heteroatoms. The van der Waals surface area contributed by atoms with Crippen molar-refractivity contribution in [2.45, 2.75) is 12.5 Å². The summed E-state index contributed by atoms with van der Waals surface area (Å²) in [5.74, 6) is 1.94. The molecule has 1 fully saturated rings. The number of ether oxygens (including phenoxy) is 3. The Kier molecular flexibility index (Phi) is 9.56. The number of nitrogens with zero attached hydrogens (tertiary/aromatic N) is 1. The average molecular weight is 570 g/mol. The number of urea groups is 1. The van der Waals surface area contributed by atoms with Gasteiger partial charge in [0.2, 0.25) is 5.91 Å². The van der Waals surface area contributed by atoms with E-state index in [1.54, 1.807) is 78.5 Å². The fourth-order valence-corrected chi connectivity index (χ4v) is 5.35. The highest BCUT2D eigenvalue weighted by atomic mass is 35.5. The number of thioether (sulfide) groups is 1. The highest BCUT2D eigenvalue weighted by Gasteiger charge is 2.30. The lowest BCUT2D eigenvalue weighted by molar-refractivity contribution is -0.131. The van der Waals surface area contributed by atoms with Gasteiger partial charge in [-0.2, -0.15) is 0 Å². The predicted molar refractivity (Wildman–Crippen MR) is 152 cm³/mol. The Hall–Kier alpha value is -3.89. The molecule has 1 atom stereocenters. The summed E-state index contributed by atoms with van der Waals surface area (Å²) in [7, 11) is 2.83. The lowest BCUT2D eigenvalue weighted by Gasteiger charge is -2.24. The summed E-state index contributed by atoms with van der Waals surface area (Å²) >= 11 is 7.77. The minimum absolute atomic E-state index is 0.0335. The topological polar surface area (TPSA) is 106 Å². The van der Waals surface area contributed by atoms with Crippen molar-refractivity contribution in [2.24, 2.45) is 0 Å². The molecule has 0 bridgehead atoms. The zero-order chi connectivity index (χ0) is 27.8. The van der Waals surface area contributed by atoms with Gasteiger partial charge in [-0.1, -0.05) is 29.8 Å². The van der Waals surface area contributed by atoms with Gasteiger partial charge < -0.3 is 29.7 Å². The van der Waals surface area contributed by atoms with Crippen LogP contribution in [0, 0.1) is 0 Å². The van der Waals surface area contributed by atoms with Crippen molar-refractivity contribution in [3.05, 3.63) is 82.9 Å². The third-order valence-electron chi connectivity index (χ3n) is 6.01. The van der Waals surface area contributed by atoms with Gasteiger partial charge in [0.1, 0.15) is 18.1 Å². The molecule has 3 amide bonds. The van der Waals surface area contributed by atoms with E-state index < -0.39 is 12.0 Å². The minimum atomic E-state index is -0.470. The molecule has 4 rings (SSSR count). The van der Waals surface area contributed by atoms with E-state index in [9.17, 15) is 14.4 Å². The van der Waals surface area contributed by atoms with E-state index in [4.69, 9.17) is 25.8 Å². The van der Waals surface area contributed by atoms with Gasteiger partial charge in [0.15, 0.2) is 0 Å². The Bertz CT molecular complexity index is 1340. The van der Waals surface area contributed by atoms with E-state index in [0.29, 0.717) is 45.9 Å². The maximum atomic E-state index is 13.2. The molecule has 0 radical (unpaired) electrons. The SMILES string of the molecule is COC(=O)c1ccc(OCC2CSCN2C(=O)Cc2ccc(NC(=O)Nc3ccccc3Cl)c(OC)c2)cc1. The standard InChI is InChI=1S/C28H28ClN3O6S/c1-36-25-13-18(7-12-24(25)31-28(35)30-23-6-4-3-5-22(23)29)14-26(33)32-17-39-16-20(32)15-38-21-10-8-19(9-11-21)27(34)37-2/h3-13,20H,14-17H2,1-2H3,(H2,30,31,35). The molecular weight excluding hydrogens is 542 g/mol. The van der Waals surface area contributed by atoms with Gasteiger partial charge in [-0.3, -0.25) is 4.79 Å². The number of nitrogens with one attached hydrogen (secondary N) is 2. The second-order valence-corrected chi connectivity index (χ2v) is 10.0. The minimum Gasteiger partial charge on any atom is -0.495 e. The zero-order valence-electron chi connectivity index (χ0n) is 21.4. The second kappa shape index (κ2) is 13.3. The van der Waals surface area contributed by atoms with Crippen molar-refractivity contribution < 1.29 is 28.6 Å². The first-order chi connectivity index (χ1) is 18.9. The van der Waals surface area contributed by atoms with Crippen molar-refractivity contribution in [3.63, 3.8) is 0 Å². The van der Waals surface area contributed by atoms with Crippen molar-refractivity contribution in [2.75, 3.05) is 43.1 Å². The molecule has 1 aliphatic rings. The highest BCUT2D eigenvalue weighted by Crippen LogP contribution is 2.28. The number of rotatable bonds is 9. The smallest absolute Gasteiger partial charge is 0.337 e.